The summed E-state index contributed by atoms with van der Waals surface area (Å²) in [7, 11) is 0. The summed E-state index contributed by atoms with van der Waals surface area (Å²) in [6, 6.07) is 14.3. The van der Waals surface area contributed by atoms with E-state index in [4.69, 9.17) is 10.00 Å². The summed E-state index contributed by atoms with van der Waals surface area (Å²) in [4.78, 5) is 3.74. The van der Waals surface area contributed by atoms with Crippen LogP contribution >= 0.6 is 11.3 Å². The minimum atomic E-state index is -0.510. The van der Waals surface area contributed by atoms with Gasteiger partial charge in [0.25, 0.3) is 0 Å². The van der Waals surface area contributed by atoms with Gasteiger partial charge in [-0.2, -0.15) is 5.26 Å². The van der Waals surface area contributed by atoms with E-state index in [9.17, 15) is 5.11 Å². The number of nitriles is 1. The Morgan fingerprint density at radius 1 is 1.33 bits per heavy atom. The molecule has 1 fully saturated rings. The summed E-state index contributed by atoms with van der Waals surface area (Å²) in [5, 5.41) is 21.1. The zero-order chi connectivity index (χ0) is 16.8. The van der Waals surface area contributed by atoms with E-state index >= 15 is 0 Å². The zero-order valence-corrected chi connectivity index (χ0v) is 14.4. The molecule has 0 amide bonds. The van der Waals surface area contributed by atoms with E-state index in [-0.39, 0.29) is 6.61 Å². The summed E-state index contributed by atoms with van der Waals surface area (Å²) in [6.07, 6.45) is 2.23. The molecule has 5 heteroatoms. The maximum absolute atomic E-state index is 10.3. The number of likely N-dealkylation sites (tertiary alicyclic amines) is 1. The highest BCUT2D eigenvalue weighted by molar-refractivity contribution is 7.10. The third-order valence-corrected chi connectivity index (χ3v) is 5.30. The Hall–Kier alpha value is -1.87. The largest absolute Gasteiger partial charge is 0.491 e. The summed E-state index contributed by atoms with van der Waals surface area (Å²) < 4.78 is 5.68. The molecule has 1 aliphatic rings. The van der Waals surface area contributed by atoms with Crippen molar-refractivity contribution in [2.75, 3.05) is 19.7 Å². The average Bonchev–Trinajstić information content (AvgIpc) is 3.25. The van der Waals surface area contributed by atoms with Crippen molar-refractivity contribution >= 4 is 11.3 Å². The standard InChI is InChI=1S/C19H22N2O2S/c20-10-9-15-5-7-17(8-6-15)23-14-16(22)13-21-11-1-3-18(21)19-4-2-12-24-19/h2,4-8,12,16,18,22H,1,3,9,11,13-14H2/t16-,18-/m1/s1. The van der Waals surface area contributed by atoms with Gasteiger partial charge in [0, 0.05) is 17.5 Å². The molecule has 3 rings (SSSR count). The first-order valence-electron chi connectivity index (χ1n) is 8.30. The number of nitrogens with zero attached hydrogens (tertiary/aromatic N) is 2. The molecule has 0 spiro atoms. The lowest BCUT2D eigenvalue weighted by Gasteiger charge is -2.26. The number of β-amino-alcohol motifs (C(OH)–C–C–N with tert-alkyl or cyclic N) is 1. The smallest absolute Gasteiger partial charge is 0.119 e. The molecule has 0 aliphatic carbocycles. The van der Waals surface area contributed by atoms with E-state index in [0.717, 1.165) is 24.3 Å². The van der Waals surface area contributed by atoms with E-state index in [1.807, 2.05) is 24.3 Å². The number of rotatable bonds is 7. The van der Waals surface area contributed by atoms with Crippen molar-refractivity contribution in [2.24, 2.45) is 0 Å². The van der Waals surface area contributed by atoms with E-state index in [0.29, 0.717) is 19.0 Å². The molecule has 24 heavy (non-hydrogen) atoms. The minimum Gasteiger partial charge on any atom is -0.491 e. The Kier molecular flexibility index (Phi) is 5.86. The van der Waals surface area contributed by atoms with Gasteiger partial charge in [0.15, 0.2) is 0 Å². The van der Waals surface area contributed by atoms with E-state index < -0.39 is 6.10 Å². The average molecular weight is 342 g/mol. The molecule has 1 aromatic heterocycles. The lowest BCUT2D eigenvalue weighted by Crippen LogP contribution is -2.35. The highest BCUT2D eigenvalue weighted by Crippen LogP contribution is 2.34. The second kappa shape index (κ2) is 8.29. The summed E-state index contributed by atoms with van der Waals surface area (Å²) in [6.45, 7) is 1.95. The highest BCUT2D eigenvalue weighted by Gasteiger charge is 2.28. The molecule has 126 valence electrons. The fraction of sp³-hybridized carbons (Fsp3) is 0.421. The Balaban J connectivity index is 1.48. The van der Waals surface area contributed by atoms with Crippen LogP contribution < -0.4 is 4.74 Å². The van der Waals surface area contributed by atoms with Gasteiger partial charge in [0.1, 0.15) is 18.5 Å². The van der Waals surface area contributed by atoms with Gasteiger partial charge in [0.2, 0.25) is 0 Å². The fourth-order valence-corrected chi connectivity index (χ4v) is 4.05. The molecular weight excluding hydrogens is 320 g/mol. The second-order valence-electron chi connectivity index (χ2n) is 6.11. The second-order valence-corrected chi connectivity index (χ2v) is 7.09. The summed E-state index contributed by atoms with van der Waals surface area (Å²) >= 11 is 1.79. The molecule has 1 saturated heterocycles. The van der Waals surface area contributed by atoms with Crippen LogP contribution in [0.15, 0.2) is 41.8 Å². The van der Waals surface area contributed by atoms with Gasteiger partial charge >= 0.3 is 0 Å². The zero-order valence-electron chi connectivity index (χ0n) is 13.6. The van der Waals surface area contributed by atoms with Crippen LogP contribution in [-0.2, 0) is 6.42 Å². The monoisotopic (exact) mass is 342 g/mol. The molecule has 0 unspecified atom stereocenters. The van der Waals surface area contributed by atoms with Crippen molar-refractivity contribution in [1.82, 2.24) is 4.90 Å². The predicted molar refractivity (Wildman–Crippen MR) is 95.1 cm³/mol. The van der Waals surface area contributed by atoms with Crippen LogP contribution in [-0.4, -0.2) is 35.8 Å². The molecule has 2 heterocycles. The molecular formula is C19H22N2O2S. The number of aliphatic hydroxyl groups is 1. The van der Waals surface area contributed by atoms with Crippen molar-refractivity contribution in [2.45, 2.75) is 31.4 Å². The normalized spacial score (nSPS) is 19.1. The molecule has 4 nitrogen and oxygen atoms in total. The molecule has 0 saturated carbocycles. The van der Waals surface area contributed by atoms with Crippen LogP contribution in [0.3, 0.4) is 0 Å². The van der Waals surface area contributed by atoms with Gasteiger partial charge in [-0.05, 0) is 48.5 Å². The van der Waals surface area contributed by atoms with E-state index in [1.165, 1.54) is 11.3 Å². The van der Waals surface area contributed by atoms with Crippen LogP contribution in [0.2, 0.25) is 0 Å². The summed E-state index contributed by atoms with van der Waals surface area (Å²) in [5.74, 6) is 0.729. The SMILES string of the molecule is N#CCc1ccc(OC[C@H](O)CN2CCC[C@@H]2c2cccs2)cc1. The Morgan fingerprint density at radius 3 is 2.88 bits per heavy atom. The Morgan fingerprint density at radius 2 is 2.17 bits per heavy atom. The maximum atomic E-state index is 10.3. The molecule has 2 aromatic rings. The van der Waals surface area contributed by atoms with Gasteiger partial charge in [-0.1, -0.05) is 18.2 Å². The number of thiophene rings is 1. The Labute approximate surface area is 146 Å². The van der Waals surface area contributed by atoms with E-state index in [2.05, 4.69) is 28.5 Å². The molecule has 2 atom stereocenters. The fourth-order valence-electron chi connectivity index (χ4n) is 3.16. The van der Waals surface area contributed by atoms with E-state index in [1.54, 1.807) is 11.3 Å². The third-order valence-electron chi connectivity index (χ3n) is 4.33. The van der Waals surface area contributed by atoms with Gasteiger partial charge in [0.05, 0.1) is 12.5 Å². The first kappa shape index (κ1) is 17.0. The number of aliphatic hydroxyl groups excluding tert-OH is 1. The molecule has 0 radical (unpaired) electrons. The van der Waals surface area contributed by atoms with Gasteiger partial charge in [-0.25, -0.2) is 0 Å². The van der Waals surface area contributed by atoms with Crippen molar-refractivity contribution in [1.29, 1.82) is 5.26 Å². The van der Waals surface area contributed by atoms with Crippen molar-refractivity contribution in [3.63, 3.8) is 0 Å². The van der Waals surface area contributed by atoms with Gasteiger partial charge in [-0.15, -0.1) is 11.3 Å². The molecule has 1 aromatic carbocycles. The summed E-state index contributed by atoms with van der Waals surface area (Å²) in [5.41, 5.74) is 0.973. The lowest BCUT2D eigenvalue weighted by atomic mass is 10.1. The van der Waals surface area contributed by atoms with Crippen molar-refractivity contribution in [3.8, 4) is 11.8 Å². The molecule has 0 bridgehead atoms. The topological polar surface area (TPSA) is 56.5 Å². The maximum Gasteiger partial charge on any atom is 0.119 e. The van der Waals surface area contributed by atoms with Crippen LogP contribution in [0.1, 0.15) is 29.3 Å². The van der Waals surface area contributed by atoms with Crippen LogP contribution in [0.5, 0.6) is 5.75 Å². The Bertz CT molecular complexity index is 664. The van der Waals surface area contributed by atoms with Crippen molar-refractivity contribution in [3.05, 3.63) is 52.2 Å². The molecule has 1 aliphatic heterocycles. The minimum absolute atomic E-state index is 0.283. The number of ether oxygens (including phenoxy) is 1. The van der Waals surface area contributed by atoms with Gasteiger partial charge in [-0.3, -0.25) is 4.90 Å². The van der Waals surface area contributed by atoms with Crippen LogP contribution in [0, 0.1) is 11.3 Å². The van der Waals surface area contributed by atoms with Crippen LogP contribution in [0.25, 0.3) is 0 Å². The van der Waals surface area contributed by atoms with Crippen molar-refractivity contribution < 1.29 is 9.84 Å². The molecule has 1 N–H and O–H groups in total. The first-order chi connectivity index (χ1) is 11.8. The number of hydrogen-bond acceptors (Lipinski definition) is 5. The highest BCUT2D eigenvalue weighted by atomic mass is 32.1. The number of hydrogen-bond donors (Lipinski definition) is 1. The predicted octanol–water partition coefficient (Wildman–Crippen LogP) is 3.39. The van der Waals surface area contributed by atoms with Crippen LogP contribution in [0.4, 0.5) is 0 Å². The first-order valence-corrected chi connectivity index (χ1v) is 9.18. The number of benzene rings is 1. The lowest BCUT2D eigenvalue weighted by molar-refractivity contribution is 0.0643. The van der Waals surface area contributed by atoms with Gasteiger partial charge < -0.3 is 9.84 Å². The quantitative estimate of drug-likeness (QED) is 0.838. The third kappa shape index (κ3) is 4.35.